The Morgan fingerprint density at radius 2 is 1.86 bits per heavy atom. The molecule has 0 fully saturated rings. The van der Waals surface area contributed by atoms with E-state index in [1.807, 2.05) is 63.2 Å². The van der Waals surface area contributed by atoms with E-state index in [1.165, 1.54) is 0 Å². The van der Waals surface area contributed by atoms with Crippen LogP contribution in [0.2, 0.25) is 0 Å². The normalized spacial score (nSPS) is 15.6. The van der Waals surface area contributed by atoms with Gasteiger partial charge in [0.05, 0.1) is 18.7 Å². The van der Waals surface area contributed by atoms with Gasteiger partial charge in [-0.15, -0.1) is 0 Å². The first-order valence-corrected chi connectivity index (χ1v) is 9.72. The van der Waals surface area contributed by atoms with Crippen molar-refractivity contribution in [2.75, 3.05) is 10.6 Å². The number of aryl methyl sites for hydroxylation is 3. The summed E-state index contributed by atoms with van der Waals surface area (Å²) in [6.45, 7) is 6.37. The summed E-state index contributed by atoms with van der Waals surface area (Å²) >= 11 is 0. The number of aromatic nitrogens is 2. The van der Waals surface area contributed by atoms with Crippen molar-refractivity contribution >= 4 is 23.3 Å². The van der Waals surface area contributed by atoms with Crippen LogP contribution in [0.15, 0.2) is 48.7 Å². The second kappa shape index (κ2) is 7.54. The summed E-state index contributed by atoms with van der Waals surface area (Å²) in [7, 11) is 0. The molecule has 0 bridgehead atoms. The number of rotatable bonds is 4. The first kappa shape index (κ1) is 18.9. The highest BCUT2D eigenvalue weighted by atomic mass is 16.2. The van der Waals surface area contributed by atoms with E-state index >= 15 is 0 Å². The predicted octanol–water partition coefficient (Wildman–Crippen LogP) is 4.07. The first-order valence-electron chi connectivity index (χ1n) is 9.72. The van der Waals surface area contributed by atoms with Crippen LogP contribution in [0.1, 0.15) is 23.1 Å². The van der Waals surface area contributed by atoms with Gasteiger partial charge in [0.25, 0.3) is 0 Å². The van der Waals surface area contributed by atoms with Crippen molar-refractivity contribution in [2.45, 2.75) is 33.7 Å². The molecule has 2 aromatic carbocycles. The predicted molar refractivity (Wildman–Crippen MR) is 114 cm³/mol. The third kappa shape index (κ3) is 3.78. The lowest BCUT2D eigenvalue weighted by Crippen LogP contribution is -2.36. The van der Waals surface area contributed by atoms with E-state index in [0.717, 1.165) is 33.5 Å². The fourth-order valence-corrected chi connectivity index (χ4v) is 3.94. The molecular weight excluding hydrogens is 364 g/mol. The monoisotopic (exact) mass is 388 g/mol. The van der Waals surface area contributed by atoms with Crippen molar-refractivity contribution in [3.63, 3.8) is 0 Å². The molecule has 0 spiro atoms. The molecule has 2 amide bonds. The lowest BCUT2D eigenvalue weighted by molar-refractivity contribution is -0.125. The maximum atomic E-state index is 12.7. The van der Waals surface area contributed by atoms with Gasteiger partial charge in [-0.3, -0.25) is 9.59 Å². The lowest BCUT2D eigenvalue weighted by Gasteiger charge is -2.24. The largest absolute Gasteiger partial charge is 0.326 e. The van der Waals surface area contributed by atoms with E-state index in [-0.39, 0.29) is 18.2 Å². The van der Waals surface area contributed by atoms with Crippen molar-refractivity contribution in [3.8, 4) is 11.1 Å². The smallest absolute Gasteiger partial charge is 0.231 e. The summed E-state index contributed by atoms with van der Waals surface area (Å²) in [5, 5.41) is 10.3. The molecule has 2 N–H and O–H groups in total. The maximum Gasteiger partial charge on any atom is 0.231 e. The minimum Gasteiger partial charge on any atom is -0.326 e. The van der Waals surface area contributed by atoms with E-state index in [0.29, 0.717) is 12.4 Å². The molecule has 1 aliphatic rings. The van der Waals surface area contributed by atoms with Gasteiger partial charge < -0.3 is 10.6 Å². The maximum absolute atomic E-state index is 12.7. The second-order valence-electron chi connectivity index (χ2n) is 7.67. The van der Waals surface area contributed by atoms with Crippen LogP contribution in [0.3, 0.4) is 0 Å². The Balaban J connectivity index is 1.49. The Bertz CT molecular complexity index is 1060. The summed E-state index contributed by atoms with van der Waals surface area (Å²) in [6, 6.07) is 13.9. The molecule has 3 aromatic rings. The molecule has 4 rings (SSSR count). The number of hydrogen-bond donors (Lipinski definition) is 2. The molecular formula is C23H24N4O2. The minimum absolute atomic E-state index is 0.110. The Morgan fingerprint density at radius 1 is 1.17 bits per heavy atom. The summed E-state index contributed by atoms with van der Waals surface area (Å²) in [4.78, 5) is 25.3. The number of fused-ring (bicyclic) bond motifs is 1. The number of hydrogen-bond acceptors (Lipinski definition) is 3. The zero-order valence-corrected chi connectivity index (χ0v) is 16.8. The zero-order chi connectivity index (χ0) is 20.5. The van der Waals surface area contributed by atoms with Gasteiger partial charge >= 0.3 is 0 Å². The molecule has 0 saturated carbocycles. The molecule has 1 aromatic heterocycles. The highest BCUT2D eigenvalue weighted by molar-refractivity contribution is 6.01. The van der Waals surface area contributed by atoms with Gasteiger partial charge in [0, 0.05) is 17.7 Å². The third-order valence-corrected chi connectivity index (χ3v) is 5.30. The summed E-state index contributed by atoms with van der Waals surface area (Å²) < 4.78 is 1.77. The highest BCUT2D eigenvalue weighted by Crippen LogP contribution is 2.32. The van der Waals surface area contributed by atoms with Crippen molar-refractivity contribution in [3.05, 3.63) is 65.4 Å². The molecule has 0 saturated heterocycles. The van der Waals surface area contributed by atoms with Crippen molar-refractivity contribution in [1.82, 2.24) is 9.78 Å². The van der Waals surface area contributed by atoms with E-state index < -0.39 is 5.92 Å². The average molecular weight is 388 g/mol. The zero-order valence-electron chi connectivity index (χ0n) is 16.8. The number of amides is 2. The number of nitrogens with zero attached hydrogens (tertiary/aromatic N) is 2. The molecule has 2 heterocycles. The minimum atomic E-state index is -0.461. The fraction of sp³-hybridized carbons (Fsp3) is 0.261. The van der Waals surface area contributed by atoms with Crippen LogP contribution < -0.4 is 10.6 Å². The number of carbonyl (C=O) groups excluding carboxylic acids is 2. The molecule has 148 valence electrons. The number of anilines is 2. The van der Waals surface area contributed by atoms with Crippen LogP contribution in [0.4, 0.5) is 11.5 Å². The second-order valence-corrected chi connectivity index (χ2v) is 7.67. The SMILES string of the molecule is Cc1cc(C)c(NC(=O)C[C@@H]2Cn3ncc(-c4ccccc4)c3NC2=O)c(C)c1. The Labute approximate surface area is 169 Å². The lowest BCUT2D eigenvalue weighted by atomic mass is 10.0. The molecule has 0 aliphatic carbocycles. The third-order valence-electron chi connectivity index (χ3n) is 5.30. The fourth-order valence-electron chi connectivity index (χ4n) is 3.94. The van der Waals surface area contributed by atoms with Crippen molar-refractivity contribution in [2.24, 2.45) is 5.92 Å². The van der Waals surface area contributed by atoms with Crippen LogP contribution in [-0.2, 0) is 16.1 Å². The molecule has 1 aliphatic heterocycles. The van der Waals surface area contributed by atoms with Gasteiger partial charge in [0.2, 0.25) is 11.8 Å². The van der Waals surface area contributed by atoms with Gasteiger partial charge in [-0.1, -0.05) is 48.0 Å². The molecule has 6 nitrogen and oxygen atoms in total. The number of nitrogens with one attached hydrogen (secondary N) is 2. The van der Waals surface area contributed by atoms with Gasteiger partial charge in [-0.05, 0) is 37.5 Å². The van der Waals surface area contributed by atoms with E-state index in [2.05, 4.69) is 15.7 Å². The Hall–Kier alpha value is -3.41. The van der Waals surface area contributed by atoms with Crippen molar-refractivity contribution in [1.29, 1.82) is 0 Å². The Morgan fingerprint density at radius 3 is 2.55 bits per heavy atom. The van der Waals surface area contributed by atoms with Crippen molar-refractivity contribution < 1.29 is 9.59 Å². The van der Waals surface area contributed by atoms with Crippen LogP contribution in [0.5, 0.6) is 0 Å². The van der Waals surface area contributed by atoms with Gasteiger partial charge in [0.1, 0.15) is 5.82 Å². The summed E-state index contributed by atoms with van der Waals surface area (Å²) in [5.41, 5.74) is 5.90. The molecule has 0 radical (unpaired) electrons. The van der Waals surface area contributed by atoms with Gasteiger partial charge in [-0.25, -0.2) is 4.68 Å². The van der Waals surface area contributed by atoms with E-state index in [4.69, 9.17) is 0 Å². The molecule has 6 heteroatoms. The average Bonchev–Trinajstić information content (AvgIpc) is 3.08. The molecule has 1 atom stereocenters. The topological polar surface area (TPSA) is 76.0 Å². The highest BCUT2D eigenvalue weighted by Gasteiger charge is 2.30. The van der Waals surface area contributed by atoms with Crippen LogP contribution in [-0.4, -0.2) is 21.6 Å². The van der Waals surface area contributed by atoms with Crippen LogP contribution in [0, 0.1) is 26.7 Å². The quantitative estimate of drug-likeness (QED) is 0.707. The van der Waals surface area contributed by atoms with Gasteiger partial charge in [-0.2, -0.15) is 5.10 Å². The van der Waals surface area contributed by atoms with Gasteiger partial charge in [0.15, 0.2) is 0 Å². The number of carbonyl (C=O) groups is 2. The Kier molecular flexibility index (Phi) is 4.92. The summed E-state index contributed by atoms with van der Waals surface area (Å²) in [6.07, 6.45) is 1.87. The van der Waals surface area contributed by atoms with E-state index in [9.17, 15) is 9.59 Å². The molecule has 29 heavy (non-hydrogen) atoms. The van der Waals surface area contributed by atoms with Crippen LogP contribution >= 0.6 is 0 Å². The standard InChI is InChI=1S/C23H24N4O2/c1-14-9-15(2)21(16(3)10-14)25-20(28)11-18-13-27-22(26-23(18)29)19(12-24-27)17-7-5-4-6-8-17/h4-10,12,18H,11,13H2,1-3H3,(H,25,28)(H,26,29)/t18-/m1/s1. The van der Waals surface area contributed by atoms with Crippen LogP contribution in [0.25, 0.3) is 11.1 Å². The molecule has 0 unspecified atom stereocenters. The summed E-state index contributed by atoms with van der Waals surface area (Å²) in [5.74, 6) is -0.0954. The van der Waals surface area contributed by atoms with E-state index in [1.54, 1.807) is 10.9 Å². The first-order chi connectivity index (χ1) is 13.9. The number of benzene rings is 2.